The van der Waals surface area contributed by atoms with Crippen molar-refractivity contribution in [1.82, 2.24) is 5.32 Å². The van der Waals surface area contributed by atoms with E-state index >= 15 is 0 Å². The lowest BCUT2D eigenvalue weighted by molar-refractivity contribution is 0.221. The maximum atomic E-state index is 14.2. The molecule has 1 nitrogen and oxygen atoms in total. The van der Waals surface area contributed by atoms with Crippen LogP contribution in [-0.2, 0) is 0 Å². The van der Waals surface area contributed by atoms with E-state index < -0.39 is 11.6 Å². The Labute approximate surface area is 120 Å². The Kier molecular flexibility index (Phi) is 5.14. The molecule has 1 saturated carbocycles. The summed E-state index contributed by atoms with van der Waals surface area (Å²) in [7, 11) is 1.84. The Bertz CT molecular complexity index is 451. The quantitative estimate of drug-likeness (QED) is 0.839. The number of hydrogen-bond donors (Lipinski definition) is 1. The third kappa shape index (κ3) is 3.03. The molecular formula is C17H25F2N. The highest BCUT2D eigenvalue weighted by molar-refractivity contribution is 5.28. The molecule has 0 heterocycles. The van der Waals surface area contributed by atoms with Crippen molar-refractivity contribution in [2.24, 2.45) is 11.8 Å². The van der Waals surface area contributed by atoms with Crippen LogP contribution in [0.15, 0.2) is 12.1 Å². The second kappa shape index (κ2) is 6.66. The van der Waals surface area contributed by atoms with Gasteiger partial charge in [-0.3, -0.25) is 0 Å². The predicted octanol–water partition coefficient (Wildman–Crippen LogP) is 4.75. The molecule has 1 fully saturated rings. The van der Waals surface area contributed by atoms with E-state index in [4.69, 9.17) is 0 Å². The number of aryl methyl sites for hydroxylation is 1. The van der Waals surface area contributed by atoms with Crippen LogP contribution in [0.3, 0.4) is 0 Å². The van der Waals surface area contributed by atoms with Gasteiger partial charge < -0.3 is 5.32 Å². The molecule has 0 aliphatic heterocycles. The van der Waals surface area contributed by atoms with Crippen LogP contribution in [0.25, 0.3) is 0 Å². The van der Waals surface area contributed by atoms with Crippen molar-refractivity contribution in [3.63, 3.8) is 0 Å². The minimum absolute atomic E-state index is 0.0806. The molecule has 1 atom stereocenters. The van der Waals surface area contributed by atoms with Gasteiger partial charge in [-0.15, -0.1) is 0 Å². The molecule has 1 N–H and O–H groups in total. The molecule has 20 heavy (non-hydrogen) atoms. The van der Waals surface area contributed by atoms with Crippen molar-refractivity contribution in [2.45, 2.75) is 52.0 Å². The molecule has 1 aliphatic carbocycles. The van der Waals surface area contributed by atoms with Crippen LogP contribution < -0.4 is 5.32 Å². The largest absolute Gasteiger partial charge is 0.313 e. The Hall–Kier alpha value is -0.960. The van der Waals surface area contributed by atoms with Gasteiger partial charge in [0.05, 0.1) is 0 Å². The number of nitrogens with one attached hydrogen (secondary N) is 1. The van der Waals surface area contributed by atoms with Gasteiger partial charge in [0.15, 0.2) is 11.6 Å². The first-order valence-corrected chi connectivity index (χ1v) is 7.70. The minimum Gasteiger partial charge on any atom is -0.313 e. The molecule has 1 aromatic rings. The van der Waals surface area contributed by atoms with E-state index in [1.165, 1.54) is 19.3 Å². The second-order valence-electron chi connectivity index (χ2n) is 6.06. The van der Waals surface area contributed by atoms with E-state index in [1.807, 2.05) is 7.05 Å². The van der Waals surface area contributed by atoms with Gasteiger partial charge in [-0.25, -0.2) is 8.78 Å². The van der Waals surface area contributed by atoms with Crippen molar-refractivity contribution in [3.8, 4) is 0 Å². The third-order valence-corrected chi connectivity index (χ3v) is 4.89. The molecule has 0 spiro atoms. The van der Waals surface area contributed by atoms with E-state index in [9.17, 15) is 8.78 Å². The van der Waals surface area contributed by atoms with Crippen LogP contribution in [0.4, 0.5) is 8.78 Å². The lowest BCUT2D eigenvalue weighted by atomic mass is 9.76. The Morgan fingerprint density at radius 2 is 1.80 bits per heavy atom. The molecule has 0 amide bonds. The Morgan fingerprint density at radius 3 is 2.35 bits per heavy atom. The minimum atomic E-state index is -0.704. The molecule has 0 radical (unpaired) electrons. The zero-order valence-electron chi connectivity index (χ0n) is 12.7. The average Bonchev–Trinajstić information content (AvgIpc) is 2.48. The normalized spacial score (nSPS) is 24.6. The zero-order chi connectivity index (χ0) is 14.7. The molecule has 3 heteroatoms. The SMILES string of the molecule is CCC1CCC(C(NC)c2ccc(C)c(F)c2F)CC1. The molecule has 0 saturated heterocycles. The summed E-state index contributed by atoms with van der Waals surface area (Å²) in [4.78, 5) is 0. The van der Waals surface area contributed by atoms with E-state index in [2.05, 4.69) is 12.2 Å². The second-order valence-corrected chi connectivity index (χ2v) is 6.06. The van der Waals surface area contributed by atoms with Crippen LogP contribution >= 0.6 is 0 Å². The number of benzene rings is 1. The topological polar surface area (TPSA) is 12.0 Å². The van der Waals surface area contributed by atoms with Gasteiger partial charge in [0.1, 0.15) is 0 Å². The molecule has 2 rings (SSSR count). The third-order valence-electron chi connectivity index (χ3n) is 4.89. The van der Waals surface area contributed by atoms with Crippen LogP contribution in [0, 0.1) is 30.4 Å². The molecular weight excluding hydrogens is 256 g/mol. The van der Waals surface area contributed by atoms with Crippen molar-refractivity contribution < 1.29 is 8.78 Å². The summed E-state index contributed by atoms with van der Waals surface area (Å²) in [5.41, 5.74) is 0.853. The number of rotatable bonds is 4. The molecule has 0 aromatic heterocycles. The maximum Gasteiger partial charge on any atom is 0.163 e. The number of hydrogen-bond acceptors (Lipinski definition) is 1. The fourth-order valence-corrected chi connectivity index (χ4v) is 3.48. The summed E-state index contributed by atoms with van der Waals surface area (Å²) < 4.78 is 28.0. The summed E-state index contributed by atoms with van der Waals surface area (Å²) in [6, 6.07) is 3.33. The van der Waals surface area contributed by atoms with Gasteiger partial charge in [0.2, 0.25) is 0 Å². The van der Waals surface area contributed by atoms with E-state index in [-0.39, 0.29) is 6.04 Å². The van der Waals surface area contributed by atoms with Crippen molar-refractivity contribution >= 4 is 0 Å². The fraction of sp³-hybridized carbons (Fsp3) is 0.647. The van der Waals surface area contributed by atoms with Crippen LogP contribution in [0.5, 0.6) is 0 Å². The van der Waals surface area contributed by atoms with Gasteiger partial charge in [-0.05, 0) is 44.2 Å². The number of halogens is 2. The summed E-state index contributed by atoms with van der Waals surface area (Å²) in [6.45, 7) is 3.83. The van der Waals surface area contributed by atoms with Crippen LogP contribution in [0.1, 0.15) is 56.2 Å². The van der Waals surface area contributed by atoms with Gasteiger partial charge in [0, 0.05) is 11.6 Å². The summed E-state index contributed by atoms with van der Waals surface area (Å²) >= 11 is 0. The Morgan fingerprint density at radius 1 is 1.15 bits per heavy atom. The smallest absolute Gasteiger partial charge is 0.163 e. The highest BCUT2D eigenvalue weighted by atomic mass is 19.2. The van der Waals surface area contributed by atoms with Gasteiger partial charge in [-0.2, -0.15) is 0 Å². The van der Waals surface area contributed by atoms with Crippen LogP contribution in [-0.4, -0.2) is 7.05 Å². The summed E-state index contributed by atoms with van der Waals surface area (Å²) in [5, 5.41) is 3.20. The van der Waals surface area contributed by atoms with E-state index in [1.54, 1.807) is 19.1 Å². The molecule has 112 valence electrons. The van der Waals surface area contributed by atoms with Crippen molar-refractivity contribution in [3.05, 3.63) is 34.9 Å². The average molecular weight is 281 g/mol. The first kappa shape index (κ1) is 15.4. The zero-order valence-corrected chi connectivity index (χ0v) is 12.7. The molecule has 0 bridgehead atoms. The lowest BCUT2D eigenvalue weighted by Crippen LogP contribution is -2.29. The van der Waals surface area contributed by atoms with Gasteiger partial charge in [0.25, 0.3) is 0 Å². The summed E-state index contributed by atoms with van der Waals surface area (Å²) in [6.07, 6.45) is 5.83. The molecule has 1 aliphatic rings. The standard InChI is InChI=1S/C17H25F2N/c1-4-12-6-8-13(9-7-12)17(20-3)14-10-5-11(2)15(18)16(14)19/h5,10,12-13,17,20H,4,6-9H2,1-3H3. The maximum absolute atomic E-state index is 14.2. The van der Waals surface area contributed by atoms with Crippen LogP contribution in [0.2, 0.25) is 0 Å². The molecule has 1 aromatic carbocycles. The Balaban J connectivity index is 2.19. The predicted molar refractivity (Wildman–Crippen MR) is 78.6 cm³/mol. The van der Waals surface area contributed by atoms with Gasteiger partial charge in [-0.1, -0.05) is 38.3 Å². The van der Waals surface area contributed by atoms with Crippen molar-refractivity contribution in [1.29, 1.82) is 0 Å². The summed E-state index contributed by atoms with van der Waals surface area (Å²) in [5.74, 6) is -0.172. The fourth-order valence-electron chi connectivity index (χ4n) is 3.48. The highest BCUT2D eigenvalue weighted by Gasteiger charge is 2.29. The van der Waals surface area contributed by atoms with Crippen molar-refractivity contribution in [2.75, 3.05) is 7.05 Å². The van der Waals surface area contributed by atoms with Gasteiger partial charge >= 0.3 is 0 Å². The van der Waals surface area contributed by atoms with E-state index in [0.29, 0.717) is 17.0 Å². The monoisotopic (exact) mass is 281 g/mol. The first-order valence-electron chi connectivity index (χ1n) is 7.70. The highest BCUT2D eigenvalue weighted by Crippen LogP contribution is 2.38. The molecule has 1 unspecified atom stereocenters. The lowest BCUT2D eigenvalue weighted by Gasteiger charge is -2.34. The van der Waals surface area contributed by atoms with E-state index in [0.717, 1.165) is 18.8 Å². The first-order chi connectivity index (χ1) is 9.58.